The summed E-state index contributed by atoms with van der Waals surface area (Å²) in [4.78, 5) is 2.28. The highest BCUT2D eigenvalue weighted by atomic mass is 15.1. The third-order valence-electron chi connectivity index (χ3n) is 3.60. The Balaban J connectivity index is 2.06. The number of hydrogen-bond donors (Lipinski definition) is 1. The number of nitrogens with two attached hydrogens (primary N) is 1. The van der Waals surface area contributed by atoms with E-state index >= 15 is 0 Å². The van der Waals surface area contributed by atoms with Gasteiger partial charge in [-0.3, -0.25) is 0 Å². The molecule has 2 N–H and O–H groups in total. The summed E-state index contributed by atoms with van der Waals surface area (Å²) in [7, 11) is 2.13. The smallest absolute Gasteiger partial charge is 0.0428 e. The van der Waals surface area contributed by atoms with Crippen LogP contribution in [0, 0.1) is 6.92 Å². The van der Waals surface area contributed by atoms with Crippen LogP contribution in [0.5, 0.6) is 0 Å². The van der Waals surface area contributed by atoms with Gasteiger partial charge in [0, 0.05) is 25.3 Å². The third-order valence-corrected chi connectivity index (χ3v) is 3.60. The SMILES string of the molecule is Cc1ccccc1CN(C)c1ccc(CC(C)N)cc1. The number of rotatable bonds is 5. The topological polar surface area (TPSA) is 29.3 Å². The Labute approximate surface area is 122 Å². The second-order valence-electron chi connectivity index (χ2n) is 5.63. The summed E-state index contributed by atoms with van der Waals surface area (Å²) in [6, 6.07) is 17.5. The molecule has 0 amide bonds. The molecule has 0 saturated carbocycles. The summed E-state index contributed by atoms with van der Waals surface area (Å²) >= 11 is 0. The maximum Gasteiger partial charge on any atom is 0.0428 e. The molecule has 106 valence electrons. The van der Waals surface area contributed by atoms with Crippen molar-refractivity contribution in [3.8, 4) is 0 Å². The molecular weight excluding hydrogens is 244 g/mol. The third kappa shape index (κ3) is 3.84. The molecule has 0 heterocycles. The number of nitrogens with zero attached hydrogens (tertiary/aromatic N) is 1. The normalized spacial score (nSPS) is 12.2. The Bertz CT molecular complexity index is 544. The maximum atomic E-state index is 5.83. The molecule has 0 spiro atoms. The molecule has 0 aliphatic heterocycles. The van der Waals surface area contributed by atoms with Crippen molar-refractivity contribution in [2.45, 2.75) is 32.9 Å². The van der Waals surface area contributed by atoms with Crippen LogP contribution in [0.1, 0.15) is 23.6 Å². The van der Waals surface area contributed by atoms with E-state index in [4.69, 9.17) is 5.73 Å². The number of anilines is 1. The van der Waals surface area contributed by atoms with Gasteiger partial charge in [-0.25, -0.2) is 0 Å². The Morgan fingerprint density at radius 2 is 1.70 bits per heavy atom. The Morgan fingerprint density at radius 1 is 1.05 bits per heavy atom. The average molecular weight is 268 g/mol. The van der Waals surface area contributed by atoms with Gasteiger partial charge in [0.2, 0.25) is 0 Å². The van der Waals surface area contributed by atoms with E-state index < -0.39 is 0 Å². The summed E-state index contributed by atoms with van der Waals surface area (Å²) < 4.78 is 0. The second-order valence-corrected chi connectivity index (χ2v) is 5.63. The van der Waals surface area contributed by atoms with Gasteiger partial charge in [0.25, 0.3) is 0 Å². The molecule has 0 saturated heterocycles. The fraction of sp³-hybridized carbons (Fsp3) is 0.333. The zero-order valence-corrected chi connectivity index (χ0v) is 12.6. The summed E-state index contributed by atoms with van der Waals surface area (Å²) in [6.45, 7) is 5.13. The van der Waals surface area contributed by atoms with Crippen molar-refractivity contribution < 1.29 is 0 Å². The minimum atomic E-state index is 0.213. The maximum absolute atomic E-state index is 5.83. The largest absolute Gasteiger partial charge is 0.370 e. The molecule has 0 aromatic heterocycles. The highest BCUT2D eigenvalue weighted by Crippen LogP contribution is 2.18. The Hall–Kier alpha value is -1.80. The van der Waals surface area contributed by atoms with E-state index in [-0.39, 0.29) is 6.04 Å². The molecule has 2 heteroatoms. The molecule has 0 aliphatic rings. The lowest BCUT2D eigenvalue weighted by atomic mass is 10.1. The average Bonchev–Trinajstić information content (AvgIpc) is 2.41. The predicted octanol–water partition coefficient (Wildman–Crippen LogP) is 3.52. The van der Waals surface area contributed by atoms with Crippen LogP contribution in [0.3, 0.4) is 0 Å². The Kier molecular flexibility index (Phi) is 4.80. The number of benzene rings is 2. The van der Waals surface area contributed by atoms with Crippen molar-refractivity contribution in [2.24, 2.45) is 5.73 Å². The summed E-state index contributed by atoms with van der Waals surface area (Å²) in [6.07, 6.45) is 0.932. The van der Waals surface area contributed by atoms with Gasteiger partial charge in [-0.15, -0.1) is 0 Å². The van der Waals surface area contributed by atoms with Crippen LogP contribution in [0.15, 0.2) is 48.5 Å². The van der Waals surface area contributed by atoms with E-state index in [0.717, 1.165) is 13.0 Å². The van der Waals surface area contributed by atoms with E-state index in [2.05, 4.69) is 67.4 Å². The van der Waals surface area contributed by atoms with Crippen LogP contribution in [0.25, 0.3) is 0 Å². The zero-order chi connectivity index (χ0) is 14.5. The molecule has 0 aliphatic carbocycles. The van der Waals surface area contributed by atoms with Gasteiger partial charge >= 0.3 is 0 Å². The van der Waals surface area contributed by atoms with Crippen LogP contribution in [-0.4, -0.2) is 13.1 Å². The van der Waals surface area contributed by atoms with Crippen molar-refractivity contribution in [3.63, 3.8) is 0 Å². The minimum Gasteiger partial charge on any atom is -0.370 e. The molecule has 1 unspecified atom stereocenters. The predicted molar refractivity (Wildman–Crippen MR) is 87.1 cm³/mol. The molecule has 1 atom stereocenters. The molecule has 2 nitrogen and oxygen atoms in total. The number of aryl methyl sites for hydroxylation is 1. The van der Waals surface area contributed by atoms with Crippen molar-refractivity contribution in [2.75, 3.05) is 11.9 Å². The number of hydrogen-bond acceptors (Lipinski definition) is 2. The van der Waals surface area contributed by atoms with Gasteiger partial charge in [-0.1, -0.05) is 36.4 Å². The fourth-order valence-electron chi connectivity index (χ4n) is 2.39. The van der Waals surface area contributed by atoms with Gasteiger partial charge in [-0.2, -0.15) is 0 Å². The lowest BCUT2D eigenvalue weighted by molar-refractivity contribution is 0.738. The monoisotopic (exact) mass is 268 g/mol. The molecule has 0 radical (unpaired) electrons. The molecule has 20 heavy (non-hydrogen) atoms. The summed E-state index contributed by atoms with van der Waals surface area (Å²) in [5.41, 5.74) is 11.1. The van der Waals surface area contributed by atoms with Gasteiger partial charge in [0.1, 0.15) is 0 Å². The molecule has 2 rings (SSSR count). The van der Waals surface area contributed by atoms with Crippen LogP contribution in [0.4, 0.5) is 5.69 Å². The van der Waals surface area contributed by atoms with Crippen molar-refractivity contribution in [1.82, 2.24) is 0 Å². The molecular formula is C18H24N2. The van der Waals surface area contributed by atoms with Crippen LogP contribution < -0.4 is 10.6 Å². The van der Waals surface area contributed by atoms with Crippen LogP contribution >= 0.6 is 0 Å². The van der Waals surface area contributed by atoms with E-state index in [1.165, 1.54) is 22.4 Å². The van der Waals surface area contributed by atoms with E-state index in [1.807, 2.05) is 6.92 Å². The first-order valence-corrected chi connectivity index (χ1v) is 7.16. The summed E-state index contributed by atoms with van der Waals surface area (Å²) in [5, 5.41) is 0. The zero-order valence-electron chi connectivity index (χ0n) is 12.6. The minimum absolute atomic E-state index is 0.213. The first kappa shape index (κ1) is 14.6. The van der Waals surface area contributed by atoms with Crippen molar-refractivity contribution >= 4 is 5.69 Å². The first-order valence-electron chi connectivity index (χ1n) is 7.16. The van der Waals surface area contributed by atoms with Gasteiger partial charge in [0.15, 0.2) is 0 Å². The summed E-state index contributed by atoms with van der Waals surface area (Å²) in [5.74, 6) is 0. The quantitative estimate of drug-likeness (QED) is 0.899. The molecule has 2 aromatic carbocycles. The van der Waals surface area contributed by atoms with Crippen molar-refractivity contribution in [3.05, 3.63) is 65.2 Å². The molecule has 0 fully saturated rings. The first-order chi connectivity index (χ1) is 9.56. The highest BCUT2D eigenvalue weighted by Gasteiger charge is 2.05. The lowest BCUT2D eigenvalue weighted by Crippen LogP contribution is -2.18. The van der Waals surface area contributed by atoms with E-state index in [9.17, 15) is 0 Å². The molecule has 2 aromatic rings. The molecule has 0 bridgehead atoms. The van der Waals surface area contributed by atoms with Crippen LogP contribution in [0.2, 0.25) is 0 Å². The lowest BCUT2D eigenvalue weighted by Gasteiger charge is -2.21. The second kappa shape index (κ2) is 6.58. The standard InChI is InChI=1S/C18H24N2/c1-14-6-4-5-7-17(14)13-20(3)18-10-8-16(9-11-18)12-15(2)19/h4-11,15H,12-13,19H2,1-3H3. The van der Waals surface area contributed by atoms with Crippen LogP contribution in [-0.2, 0) is 13.0 Å². The van der Waals surface area contributed by atoms with Gasteiger partial charge < -0.3 is 10.6 Å². The van der Waals surface area contributed by atoms with E-state index in [0.29, 0.717) is 0 Å². The highest BCUT2D eigenvalue weighted by molar-refractivity contribution is 5.48. The van der Waals surface area contributed by atoms with Crippen molar-refractivity contribution in [1.29, 1.82) is 0 Å². The van der Waals surface area contributed by atoms with Gasteiger partial charge in [-0.05, 0) is 49.1 Å². The van der Waals surface area contributed by atoms with E-state index in [1.54, 1.807) is 0 Å². The Morgan fingerprint density at radius 3 is 2.30 bits per heavy atom. The fourth-order valence-corrected chi connectivity index (χ4v) is 2.39. The van der Waals surface area contributed by atoms with Gasteiger partial charge in [0.05, 0.1) is 0 Å².